The minimum absolute atomic E-state index is 0.0303. The van der Waals surface area contributed by atoms with Gasteiger partial charge in [-0.2, -0.15) is 0 Å². The average Bonchev–Trinajstić information content (AvgIpc) is 3.08. The Morgan fingerprint density at radius 1 is 1.19 bits per heavy atom. The Kier molecular flexibility index (Phi) is 4.80. The van der Waals surface area contributed by atoms with Crippen molar-refractivity contribution in [3.8, 4) is 11.1 Å². The molecular weight excluding hydrogens is 418 g/mol. The summed E-state index contributed by atoms with van der Waals surface area (Å²) in [5, 5.41) is 0.867. The summed E-state index contributed by atoms with van der Waals surface area (Å²) in [6.45, 7) is 3.31. The molecule has 2 fully saturated rings. The maximum absolute atomic E-state index is 13.9. The Morgan fingerprint density at radius 3 is 2.61 bits per heavy atom. The molecule has 2 aromatic heterocycles. The summed E-state index contributed by atoms with van der Waals surface area (Å²) in [5.74, 6) is -1.57. The van der Waals surface area contributed by atoms with Crippen LogP contribution in [0.5, 0.6) is 0 Å². The fraction of sp³-hybridized carbons (Fsp3) is 0.435. The van der Waals surface area contributed by atoms with E-state index >= 15 is 0 Å². The fourth-order valence-electron chi connectivity index (χ4n) is 4.83. The molecule has 1 spiro atoms. The van der Waals surface area contributed by atoms with Gasteiger partial charge in [0.15, 0.2) is 0 Å². The van der Waals surface area contributed by atoms with E-state index < -0.39 is 11.3 Å². The lowest BCUT2D eigenvalue weighted by molar-refractivity contribution is 0.0537. The monoisotopic (exact) mass is 444 g/mol. The Labute approximate surface area is 184 Å². The molecule has 2 aliphatic rings. The van der Waals surface area contributed by atoms with Gasteiger partial charge in [-0.25, -0.2) is 8.78 Å². The third kappa shape index (κ3) is 3.32. The van der Waals surface area contributed by atoms with Gasteiger partial charge in [0.1, 0.15) is 5.52 Å². The van der Waals surface area contributed by atoms with Crippen molar-refractivity contribution in [1.82, 2.24) is 9.55 Å². The largest absolute Gasteiger partial charge is 0.371 e. The quantitative estimate of drug-likeness (QED) is 0.529. The Morgan fingerprint density at radius 2 is 1.94 bits per heavy atom. The molecule has 0 unspecified atom stereocenters. The zero-order chi connectivity index (χ0) is 21.8. The van der Waals surface area contributed by atoms with Gasteiger partial charge in [0.25, 0.3) is 11.5 Å². The zero-order valence-corrected chi connectivity index (χ0v) is 18.5. The molecule has 0 amide bonds. The van der Waals surface area contributed by atoms with Crippen molar-refractivity contribution in [1.29, 1.82) is 0 Å². The molecule has 1 saturated heterocycles. The van der Waals surface area contributed by atoms with Crippen molar-refractivity contribution in [2.45, 2.75) is 32.1 Å². The van der Waals surface area contributed by atoms with Crippen molar-refractivity contribution in [3.05, 3.63) is 47.0 Å². The van der Waals surface area contributed by atoms with E-state index in [0.29, 0.717) is 31.4 Å². The molecule has 0 atom stereocenters. The molecule has 8 heteroatoms. The Bertz CT molecular complexity index is 1190. The van der Waals surface area contributed by atoms with Crippen molar-refractivity contribution in [3.63, 3.8) is 0 Å². The lowest BCUT2D eigenvalue weighted by atomic mass is 9.91. The molecule has 3 aromatic rings. The third-order valence-corrected chi connectivity index (χ3v) is 7.46. The minimum atomic E-state index is -2.50. The molecule has 5 nitrogen and oxygen atoms in total. The number of anilines is 2. The first-order valence-electron chi connectivity index (χ1n) is 10.7. The first-order valence-corrected chi connectivity index (χ1v) is 11.7. The van der Waals surface area contributed by atoms with E-state index in [1.165, 1.54) is 0 Å². The molecule has 164 valence electrons. The molecule has 1 aliphatic carbocycles. The van der Waals surface area contributed by atoms with E-state index in [4.69, 9.17) is 0 Å². The van der Waals surface area contributed by atoms with Gasteiger partial charge in [0.2, 0.25) is 0 Å². The summed E-state index contributed by atoms with van der Waals surface area (Å²) >= 11 is 1.62. The number of rotatable bonds is 5. The van der Waals surface area contributed by atoms with Crippen molar-refractivity contribution in [2.75, 3.05) is 28.5 Å². The van der Waals surface area contributed by atoms with Crippen LogP contribution in [0, 0.1) is 5.41 Å². The molecule has 31 heavy (non-hydrogen) atoms. The van der Waals surface area contributed by atoms with Crippen LogP contribution in [-0.2, 0) is 7.05 Å². The number of pyridine rings is 1. The first-order chi connectivity index (χ1) is 14.9. The highest BCUT2D eigenvalue weighted by molar-refractivity contribution is 8.00. The van der Waals surface area contributed by atoms with E-state index in [0.717, 1.165) is 33.6 Å². The summed E-state index contributed by atoms with van der Waals surface area (Å²) < 4.78 is 32.7. The zero-order valence-electron chi connectivity index (χ0n) is 17.7. The topological polar surface area (TPSA) is 53.1 Å². The molecule has 0 radical (unpaired) electrons. The van der Waals surface area contributed by atoms with Gasteiger partial charge in [0, 0.05) is 78.0 Å². The molecule has 1 saturated carbocycles. The van der Waals surface area contributed by atoms with Crippen LogP contribution >= 0.6 is 11.9 Å². The van der Waals surface area contributed by atoms with Crippen molar-refractivity contribution in [2.24, 2.45) is 12.5 Å². The van der Waals surface area contributed by atoms with Crippen LogP contribution in [0.1, 0.15) is 26.2 Å². The number of benzene rings is 1. The van der Waals surface area contributed by atoms with Crippen LogP contribution in [0.15, 0.2) is 41.5 Å². The van der Waals surface area contributed by atoms with Gasteiger partial charge >= 0.3 is 0 Å². The van der Waals surface area contributed by atoms with Crippen LogP contribution < -0.4 is 15.2 Å². The second-order valence-corrected chi connectivity index (χ2v) is 9.71. The second kappa shape index (κ2) is 7.29. The number of aromatic amines is 1. The molecule has 1 aromatic carbocycles. The standard InChI is InChI=1S/C23H26F2N4OS/c1-3-31-27-15-4-5-19(29-10-7-22(8-11-29)14-23(22,24)25)17(12-15)18-13-28(2)21(30)20-16(18)6-9-26-20/h4-6,9,12-13,26-27H,3,7-8,10-11,14H2,1-2H3. The van der Waals surface area contributed by atoms with Crippen LogP contribution in [0.4, 0.5) is 20.2 Å². The Balaban J connectivity index is 1.58. The SMILES string of the molecule is CCSNc1ccc(N2CCC3(CC2)CC3(F)F)c(-c2cn(C)c(=O)c3[nH]ccc23)c1. The number of nitrogens with zero attached hydrogens (tertiary/aromatic N) is 2. The molecule has 5 rings (SSSR count). The predicted molar refractivity (Wildman–Crippen MR) is 124 cm³/mol. The highest BCUT2D eigenvalue weighted by Gasteiger charge is 2.70. The van der Waals surface area contributed by atoms with E-state index in [9.17, 15) is 13.6 Å². The molecule has 0 bridgehead atoms. The molecule has 2 N–H and O–H groups in total. The molecule has 3 heterocycles. The van der Waals surface area contributed by atoms with Gasteiger partial charge in [-0.15, -0.1) is 0 Å². The lowest BCUT2D eigenvalue weighted by Gasteiger charge is -2.35. The summed E-state index contributed by atoms with van der Waals surface area (Å²) in [4.78, 5) is 17.8. The van der Waals surface area contributed by atoms with Crippen LogP contribution in [0.25, 0.3) is 22.0 Å². The first kappa shape index (κ1) is 20.4. The summed E-state index contributed by atoms with van der Waals surface area (Å²) in [6, 6.07) is 8.13. The van der Waals surface area contributed by atoms with E-state index in [1.54, 1.807) is 29.8 Å². The number of nitrogens with one attached hydrogen (secondary N) is 2. The van der Waals surface area contributed by atoms with Gasteiger partial charge in [-0.1, -0.05) is 18.9 Å². The number of fused-ring (bicyclic) bond motifs is 1. The number of halogens is 2. The fourth-order valence-corrected chi connectivity index (χ4v) is 5.27. The van der Waals surface area contributed by atoms with Crippen molar-refractivity contribution >= 4 is 34.2 Å². The van der Waals surface area contributed by atoms with E-state index in [-0.39, 0.29) is 12.0 Å². The maximum Gasteiger partial charge on any atom is 0.274 e. The van der Waals surface area contributed by atoms with E-state index in [1.807, 2.05) is 18.3 Å². The number of piperidine rings is 1. The Hall–Kier alpha value is -2.48. The number of hydrogen-bond acceptors (Lipinski definition) is 4. The van der Waals surface area contributed by atoms with Gasteiger partial charge < -0.3 is 19.2 Å². The van der Waals surface area contributed by atoms with Gasteiger partial charge in [-0.3, -0.25) is 4.79 Å². The number of H-pyrrole nitrogens is 1. The van der Waals surface area contributed by atoms with Gasteiger partial charge in [-0.05, 0) is 37.1 Å². The molecular formula is C23H26F2N4OS. The number of hydrogen-bond donors (Lipinski definition) is 2. The highest BCUT2D eigenvalue weighted by Crippen LogP contribution is 2.66. The molecule has 1 aliphatic heterocycles. The summed E-state index contributed by atoms with van der Waals surface area (Å²) in [6.07, 6.45) is 4.71. The second-order valence-electron chi connectivity index (χ2n) is 8.64. The maximum atomic E-state index is 13.9. The number of alkyl halides is 2. The van der Waals surface area contributed by atoms with Gasteiger partial charge in [0.05, 0.1) is 0 Å². The van der Waals surface area contributed by atoms with Crippen LogP contribution in [-0.4, -0.2) is 34.3 Å². The number of aromatic nitrogens is 2. The average molecular weight is 445 g/mol. The minimum Gasteiger partial charge on any atom is -0.371 e. The normalized spacial score (nSPS) is 19.2. The highest BCUT2D eigenvalue weighted by atomic mass is 32.2. The smallest absolute Gasteiger partial charge is 0.274 e. The lowest BCUT2D eigenvalue weighted by Crippen LogP contribution is -2.36. The third-order valence-electron chi connectivity index (χ3n) is 6.79. The number of aryl methyl sites for hydroxylation is 1. The van der Waals surface area contributed by atoms with Crippen molar-refractivity contribution < 1.29 is 8.78 Å². The summed E-state index contributed by atoms with van der Waals surface area (Å²) in [7, 11) is 1.75. The van der Waals surface area contributed by atoms with Crippen LogP contribution in [0.2, 0.25) is 0 Å². The van der Waals surface area contributed by atoms with Crippen LogP contribution in [0.3, 0.4) is 0 Å². The van der Waals surface area contributed by atoms with E-state index in [2.05, 4.69) is 33.7 Å². The predicted octanol–water partition coefficient (Wildman–Crippen LogP) is 5.24. The summed E-state index contributed by atoms with van der Waals surface area (Å²) in [5.41, 5.74) is 3.67.